The summed E-state index contributed by atoms with van der Waals surface area (Å²) < 4.78 is 0. The molecule has 0 N–H and O–H groups in total. The molecule has 0 aliphatic heterocycles. The summed E-state index contributed by atoms with van der Waals surface area (Å²) >= 11 is 0. The van der Waals surface area contributed by atoms with Gasteiger partial charge in [-0.1, -0.05) is 6.08 Å². The molecular formula is C14H21N3. The standard InChI is InChI=1S/C14H21N3/c1-5-12-6-7-13(8-12)17(4)14-10(2)11(3)15-9-16-14/h5,9,12-13H,1,6-8H2,2-4H3/t12-,13?/m1/s1. The normalized spacial score (nSPS) is 23.7. The first-order valence-electron chi connectivity index (χ1n) is 6.27. The van der Waals surface area contributed by atoms with E-state index < -0.39 is 0 Å². The molecule has 1 aliphatic rings. The highest BCUT2D eigenvalue weighted by Gasteiger charge is 2.27. The molecule has 2 atom stereocenters. The SMILES string of the molecule is C=C[C@@H]1CCC(N(C)c2ncnc(C)c2C)C1. The van der Waals surface area contributed by atoms with Crippen LogP contribution in [-0.4, -0.2) is 23.1 Å². The highest BCUT2D eigenvalue weighted by atomic mass is 15.2. The molecule has 1 heterocycles. The average Bonchev–Trinajstić information content (AvgIpc) is 2.80. The van der Waals surface area contributed by atoms with Crippen LogP contribution >= 0.6 is 0 Å². The Bertz CT molecular complexity index is 414. The van der Waals surface area contributed by atoms with E-state index in [1.54, 1.807) is 6.33 Å². The number of hydrogen-bond donors (Lipinski definition) is 0. The van der Waals surface area contributed by atoms with Crippen molar-refractivity contribution in [1.29, 1.82) is 0 Å². The molecule has 1 unspecified atom stereocenters. The first-order chi connectivity index (χ1) is 8.13. The van der Waals surface area contributed by atoms with Gasteiger partial charge < -0.3 is 4.90 Å². The lowest BCUT2D eigenvalue weighted by Crippen LogP contribution is -2.30. The van der Waals surface area contributed by atoms with Crippen LogP contribution in [0, 0.1) is 19.8 Å². The van der Waals surface area contributed by atoms with Gasteiger partial charge in [-0.25, -0.2) is 9.97 Å². The molecule has 0 radical (unpaired) electrons. The van der Waals surface area contributed by atoms with Crippen LogP contribution in [0.15, 0.2) is 19.0 Å². The summed E-state index contributed by atoms with van der Waals surface area (Å²) in [4.78, 5) is 11.0. The Morgan fingerprint density at radius 1 is 1.35 bits per heavy atom. The van der Waals surface area contributed by atoms with Crippen molar-refractivity contribution in [2.24, 2.45) is 5.92 Å². The molecule has 0 saturated heterocycles. The fourth-order valence-electron chi connectivity index (χ4n) is 2.61. The second kappa shape index (κ2) is 4.86. The number of aromatic nitrogens is 2. The van der Waals surface area contributed by atoms with Crippen molar-refractivity contribution >= 4 is 5.82 Å². The quantitative estimate of drug-likeness (QED) is 0.749. The topological polar surface area (TPSA) is 29.0 Å². The molecule has 92 valence electrons. The smallest absolute Gasteiger partial charge is 0.135 e. The van der Waals surface area contributed by atoms with Gasteiger partial charge in [-0.05, 0) is 39.0 Å². The van der Waals surface area contributed by atoms with E-state index in [1.807, 2.05) is 6.92 Å². The maximum Gasteiger partial charge on any atom is 0.135 e. The van der Waals surface area contributed by atoms with Crippen molar-refractivity contribution in [3.05, 3.63) is 30.2 Å². The molecule has 2 rings (SSSR count). The van der Waals surface area contributed by atoms with Gasteiger partial charge in [0.15, 0.2) is 0 Å². The van der Waals surface area contributed by atoms with E-state index in [0.29, 0.717) is 12.0 Å². The van der Waals surface area contributed by atoms with Crippen LogP contribution in [0.1, 0.15) is 30.5 Å². The molecule has 1 aromatic rings. The van der Waals surface area contributed by atoms with E-state index in [9.17, 15) is 0 Å². The van der Waals surface area contributed by atoms with Crippen LogP contribution in [0.4, 0.5) is 5.82 Å². The van der Waals surface area contributed by atoms with Crippen LogP contribution < -0.4 is 4.90 Å². The van der Waals surface area contributed by atoms with E-state index >= 15 is 0 Å². The minimum absolute atomic E-state index is 0.589. The van der Waals surface area contributed by atoms with Crippen molar-refractivity contribution < 1.29 is 0 Å². The van der Waals surface area contributed by atoms with E-state index in [4.69, 9.17) is 0 Å². The predicted octanol–water partition coefficient (Wildman–Crippen LogP) is 2.88. The Morgan fingerprint density at radius 3 is 2.76 bits per heavy atom. The maximum atomic E-state index is 4.42. The summed E-state index contributed by atoms with van der Waals surface area (Å²) in [7, 11) is 2.14. The van der Waals surface area contributed by atoms with Crippen molar-refractivity contribution in [3.63, 3.8) is 0 Å². The molecule has 0 bridgehead atoms. The predicted molar refractivity (Wildman–Crippen MR) is 71.2 cm³/mol. The van der Waals surface area contributed by atoms with E-state index in [1.165, 1.54) is 24.8 Å². The minimum Gasteiger partial charge on any atom is -0.356 e. The summed E-state index contributed by atoms with van der Waals surface area (Å²) in [6, 6.07) is 0.589. The Balaban J connectivity index is 2.17. The number of aryl methyl sites for hydroxylation is 1. The van der Waals surface area contributed by atoms with Crippen molar-refractivity contribution in [1.82, 2.24) is 9.97 Å². The second-order valence-corrected chi connectivity index (χ2v) is 4.98. The lowest BCUT2D eigenvalue weighted by molar-refractivity contribution is 0.617. The van der Waals surface area contributed by atoms with E-state index in [-0.39, 0.29) is 0 Å². The van der Waals surface area contributed by atoms with Gasteiger partial charge in [0, 0.05) is 24.3 Å². The van der Waals surface area contributed by atoms with Crippen LogP contribution in [0.25, 0.3) is 0 Å². The minimum atomic E-state index is 0.589. The second-order valence-electron chi connectivity index (χ2n) is 4.98. The Hall–Kier alpha value is -1.38. The zero-order chi connectivity index (χ0) is 12.4. The summed E-state index contributed by atoms with van der Waals surface area (Å²) in [6.45, 7) is 8.03. The van der Waals surface area contributed by atoms with Gasteiger partial charge in [0.05, 0.1) is 0 Å². The monoisotopic (exact) mass is 231 g/mol. The number of nitrogens with zero attached hydrogens (tertiary/aromatic N) is 3. The van der Waals surface area contributed by atoms with Gasteiger partial charge >= 0.3 is 0 Å². The third kappa shape index (κ3) is 2.33. The Morgan fingerprint density at radius 2 is 2.12 bits per heavy atom. The van der Waals surface area contributed by atoms with Crippen molar-refractivity contribution in [3.8, 4) is 0 Å². The third-order valence-corrected chi connectivity index (χ3v) is 3.97. The van der Waals surface area contributed by atoms with Gasteiger partial charge in [0.25, 0.3) is 0 Å². The van der Waals surface area contributed by atoms with Crippen LogP contribution in [0.3, 0.4) is 0 Å². The molecule has 1 fully saturated rings. The third-order valence-electron chi connectivity index (χ3n) is 3.97. The van der Waals surface area contributed by atoms with Gasteiger partial charge in [-0.15, -0.1) is 6.58 Å². The van der Waals surface area contributed by atoms with Gasteiger partial charge in [0.1, 0.15) is 12.1 Å². The summed E-state index contributed by atoms with van der Waals surface area (Å²) in [6.07, 6.45) is 7.43. The lowest BCUT2D eigenvalue weighted by atomic mass is 10.1. The molecule has 0 amide bonds. The van der Waals surface area contributed by atoms with Crippen LogP contribution in [0.5, 0.6) is 0 Å². The fraction of sp³-hybridized carbons (Fsp3) is 0.571. The lowest BCUT2D eigenvalue weighted by Gasteiger charge is -2.27. The first kappa shape index (κ1) is 12.1. The van der Waals surface area contributed by atoms with Gasteiger partial charge in [-0.3, -0.25) is 0 Å². The van der Waals surface area contributed by atoms with Gasteiger partial charge in [0.2, 0.25) is 0 Å². The van der Waals surface area contributed by atoms with E-state index in [0.717, 1.165) is 11.5 Å². The maximum absolute atomic E-state index is 4.42. The number of allylic oxidation sites excluding steroid dienone is 1. The highest BCUT2D eigenvalue weighted by molar-refractivity contribution is 5.47. The average molecular weight is 231 g/mol. The molecule has 1 saturated carbocycles. The highest BCUT2D eigenvalue weighted by Crippen LogP contribution is 2.32. The summed E-state index contributed by atoms with van der Waals surface area (Å²) in [5.74, 6) is 1.75. The van der Waals surface area contributed by atoms with Gasteiger partial charge in [-0.2, -0.15) is 0 Å². The number of rotatable bonds is 3. The summed E-state index contributed by atoms with van der Waals surface area (Å²) in [5, 5.41) is 0. The summed E-state index contributed by atoms with van der Waals surface area (Å²) in [5.41, 5.74) is 2.26. The van der Waals surface area contributed by atoms with Crippen molar-refractivity contribution in [2.75, 3.05) is 11.9 Å². The van der Waals surface area contributed by atoms with Crippen LogP contribution in [-0.2, 0) is 0 Å². The zero-order valence-electron chi connectivity index (χ0n) is 11.0. The van der Waals surface area contributed by atoms with Crippen molar-refractivity contribution in [2.45, 2.75) is 39.2 Å². The number of hydrogen-bond acceptors (Lipinski definition) is 3. The number of anilines is 1. The molecule has 3 nitrogen and oxygen atoms in total. The zero-order valence-corrected chi connectivity index (χ0v) is 11.0. The molecule has 0 spiro atoms. The Labute approximate surface area is 104 Å². The molecule has 1 aromatic heterocycles. The molecular weight excluding hydrogens is 210 g/mol. The molecule has 17 heavy (non-hydrogen) atoms. The molecule has 1 aliphatic carbocycles. The molecule has 3 heteroatoms. The first-order valence-corrected chi connectivity index (χ1v) is 6.27. The van der Waals surface area contributed by atoms with Crippen LogP contribution in [0.2, 0.25) is 0 Å². The Kier molecular flexibility index (Phi) is 3.46. The largest absolute Gasteiger partial charge is 0.356 e. The molecule has 0 aromatic carbocycles. The van der Waals surface area contributed by atoms with E-state index in [2.05, 4.69) is 41.5 Å². The fourth-order valence-corrected chi connectivity index (χ4v) is 2.61.